The fourth-order valence-corrected chi connectivity index (χ4v) is 5.95. The fraction of sp³-hybridized carbons (Fsp3) is 0.433. The van der Waals surface area contributed by atoms with Crippen LogP contribution in [0, 0.1) is 0 Å². The van der Waals surface area contributed by atoms with E-state index in [1.165, 1.54) is 35.6 Å². The minimum absolute atomic E-state index is 0. The van der Waals surface area contributed by atoms with Gasteiger partial charge in [0.15, 0.2) is 11.5 Å². The van der Waals surface area contributed by atoms with E-state index >= 15 is 0 Å². The zero-order chi connectivity index (χ0) is 24.5. The van der Waals surface area contributed by atoms with Crippen LogP contribution >= 0.6 is 12.4 Å². The normalized spacial score (nSPS) is 19.0. The van der Waals surface area contributed by atoms with Crippen LogP contribution in [-0.4, -0.2) is 61.8 Å². The zero-order valence-electron chi connectivity index (χ0n) is 21.4. The van der Waals surface area contributed by atoms with E-state index in [0.29, 0.717) is 11.8 Å². The number of methoxy groups -OCH3 is 1. The first kappa shape index (κ1) is 25.7. The van der Waals surface area contributed by atoms with Crippen LogP contribution in [-0.2, 0) is 12.8 Å². The predicted molar refractivity (Wildman–Crippen MR) is 147 cm³/mol. The van der Waals surface area contributed by atoms with Gasteiger partial charge >= 0.3 is 0 Å². The molecule has 0 aliphatic carbocycles. The number of carbonyl (C=O) groups is 1. The van der Waals surface area contributed by atoms with Crippen molar-refractivity contribution in [2.24, 2.45) is 0 Å². The summed E-state index contributed by atoms with van der Waals surface area (Å²) in [6, 6.07) is 17.4. The van der Waals surface area contributed by atoms with E-state index in [9.17, 15) is 4.79 Å². The van der Waals surface area contributed by atoms with Crippen LogP contribution in [0.3, 0.4) is 0 Å². The monoisotopic (exact) mass is 522 g/mol. The van der Waals surface area contributed by atoms with Gasteiger partial charge in [0.2, 0.25) is 6.79 Å². The maximum atomic E-state index is 13.2. The molecule has 1 saturated heterocycles. The Morgan fingerprint density at radius 1 is 0.946 bits per heavy atom. The van der Waals surface area contributed by atoms with Gasteiger partial charge in [0, 0.05) is 31.2 Å². The fourth-order valence-electron chi connectivity index (χ4n) is 5.95. The lowest BCUT2D eigenvalue weighted by molar-refractivity contribution is 0.0698. The molecular weight excluding hydrogens is 488 g/mol. The van der Waals surface area contributed by atoms with Gasteiger partial charge in [0.05, 0.1) is 7.11 Å². The Labute approximate surface area is 224 Å². The van der Waals surface area contributed by atoms with Crippen molar-refractivity contribution in [2.75, 3.05) is 40.1 Å². The van der Waals surface area contributed by atoms with Crippen molar-refractivity contribution in [1.82, 2.24) is 9.80 Å². The van der Waals surface area contributed by atoms with Crippen LogP contribution in [0.5, 0.6) is 17.2 Å². The topological polar surface area (TPSA) is 51.2 Å². The lowest BCUT2D eigenvalue weighted by Gasteiger charge is -2.37. The molecular formula is C30H35ClN2O4. The van der Waals surface area contributed by atoms with Crippen molar-refractivity contribution in [3.8, 4) is 17.2 Å². The van der Waals surface area contributed by atoms with Gasteiger partial charge < -0.3 is 19.1 Å². The first-order chi connectivity index (χ1) is 17.7. The van der Waals surface area contributed by atoms with E-state index in [1.54, 1.807) is 7.11 Å². The van der Waals surface area contributed by atoms with Crippen molar-refractivity contribution in [1.29, 1.82) is 0 Å². The number of piperidine rings is 1. The highest BCUT2D eigenvalue weighted by atomic mass is 35.5. The number of halogens is 1. The Hall–Kier alpha value is -2.96. The lowest BCUT2D eigenvalue weighted by Crippen LogP contribution is -2.44. The molecule has 7 heteroatoms. The van der Waals surface area contributed by atoms with Gasteiger partial charge in [0.25, 0.3) is 5.91 Å². The number of hydrogen-bond donors (Lipinski definition) is 0. The van der Waals surface area contributed by atoms with Crippen LogP contribution in [0.25, 0.3) is 10.8 Å². The molecule has 3 aromatic rings. The summed E-state index contributed by atoms with van der Waals surface area (Å²) in [6.45, 7) is 4.04. The number of carbonyl (C=O) groups excluding carboxylic acids is 1. The van der Waals surface area contributed by atoms with E-state index in [4.69, 9.17) is 14.2 Å². The van der Waals surface area contributed by atoms with Gasteiger partial charge in [-0.15, -0.1) is 12.4 Å². The molecule has 0 N–H and O–H groups in total. The van der Waals surface area contributed by atoms with E-state index < -0.39 is 0 Å². The molecule has 3 heterocycles. The Bertz CT molecular complexity index is 1280. The summed E-state index contributed by atoms with van der Waals surface area (Å²) in [7, 11) is 1.71. The Kier molecular flexibility index (Phi) is 7.77. The Balaban J connectivity index is 0.00000280. The summed E-state index contributed by atoms with van der Waals surface area (Å²) >= 11 is 0. The second kappa shape index (κ2) is 11.2. The largest absolute Gasteiger partial charge is 0.497 e. The lowest BCUT2D eigenvalue weighted by atomic mass is 9.95. The summed E-state index contributed by atoms with van der Waals surface area (Å²) in [5.41, 5.74) is 3.23. The average Bonchev–Trinajstić information content (AvgIpc) is 3.38. The third kappa shape index (κ3) is 5.36. The van der Waals surface area contributed by atoms with Crippen LogP contribution in [0.2, 0.25) is 0 Å². The van der Waals surface area contributed by atoms with E-state index in [-0.39, 0.29) is 25.1 Å². The zero-order valence-corrected chi connectivity index (χ0v) is 22.2. The molecule has 1 fully saturated rings. The third-order valence-electron chi connectivity index (χ3n) is 8.05. The third-order valence-corrected chi connectivity index (χ3v) is 8.05. The maximum Gasteiger partial charge on any atom is 0.254 e. The highest BCUT2D eigenvalue weighted by Gasteiger charge is 2.29. The number of ether oxygens (including phenoxy) is 3. The van der Waals surface area contributed by atoms with E-state index in [0.717, 1.165) is 68.1 Å². The molecule has 0 bridgehead atoms. The average molecular weight is 523 g/mol. The number of likely N-dealkylation sites (tertiary alicyclic amines) is 1. The van der Waals surface area contributed by atoms with Gasteiger partial charge in [-0.1, -0.05) is 30.7 Å². The summed E-state index contributed by atoms with van der Waals surface area (Å²) in [5, 5.41) is 2.47. The molecule has 3 aromatic carbocycles. The molecule has 196 valence electrons. The summed E-state index contributed by atoms with van der Waals surface area (Å²) in [5.74, 6) is 2.48. The van der Waals surface area contributed by atoms with Crippen molar-refractivity contribution in [2.45, 2.75) is 44.6 Å². The number of hydrogen-bond acceptors (Lipinski definition) is 5. The van der Waals surface area contributed by atoms with Crippen molar-refractivity contribution < 1.29 is 19.0 Å². The second-order valence-electron chi connectivity index (χ2n) is 10.2. The molecule has 1 atom stereocenters. The van der Waals surface area contributed by atoms with Crippen molar-refractivity contribution >= 4 is 29.1 Å². The quantitative estimate of drug-likeness (QED) is 0.411. The Morgan fingerprint density at radius 3 is 2.62 bits per heavy atom. The Morgan fingerprint density at radius 2 is 1.76 bits per heavy atom. The second-order valence-corrected chi connectivity index (χ2v) is 10.2. The molecule has 37 heavy (non-hydrogen) atoms. The van der Waals surface area contributed by atoms with Crippen LogP contribution in [0.15, 0.2) is 48.5 Å². The smallest absolute Gasteiger partial charge is 0.254 e. The standard InChI is InChI=1S/C30H34N2O4.ClH/c1-34-26-8-7-22-16-21(5-6-23(22)17-26)9-13-31-12-3-2-4-25(31)11-15-32-14-10-24-18-28-29(36-20-35-28)19-27(24)30(32)33;/h5-8,16-19,25H,2-4,9-15,20H2,1H3;1H. The van der Waals surface area contributed by atoms with Gasteiger partial charge in [0.1, 0.15) is 5.75 Å². The minimum atomic E-state index is 0. The molecule has 3 aliphatic rings. The molecule has 0 saturated carbocycles. The maximum absolute atomic E-state index is 13.2. The highest BCUT2D eigenvalue weighted by Crippen LogP contribution is 2.37. The molecule has 0 aromatic heterocycles. The van der Waals surface area contributed by atoms with Gasteiger partial charge in [-0.25, -0.2) is 0 Å². The van der Waals surface area contributed by atoms with Crippen molar-refractivity contribution in [3.63, 3.8) is 0 Å². The molecule has 6 nitrogen and oxygen atoms in total. The number of fused-ring (bicyclic) bond motifs is 3. The number of rotatable bonds is 7. The number of nitrogens with zero attached hydrogens (tertiary/aromatic N) is 2. The highest BCUT2D eigenvalue weighted by molar-refractivity contribution is 5.97. The first-order valence-electron chi connectivity index (χ1n) is 13.2. The number of benzene rings is 3. The van der Waals surface area contributed by atoms with Gasteiger partial charge in [-0.3, -0.25) is 9.69 Å². The molecule has 3 aliphatic heterocycles. The summed E-state index contributed by atoms with van der Waals surface area (Å²) in [4.78, 5) is 17.9. The van der Waals surface area contributed by atoms with Gasteiger partial charge in [-0.2, -0.15) is 0 Å². The number of amides is 1. The minimum Gasteiger partial charge on any atom is -0.497 e. The van der Waals surface area contributed by atoms with E-state index in [2.05, 4.69) is 35.2 Å². The van der Waals surface area contributed by atoms with Crippen LogP contribution < -0.4 is 14.2 Å². The molecule has 1 unspecified atom stereocenters. The molecule has 1 amide bonds. The first-order valence-corrected chi connectivity index (χ1v) is 13.2. The van der Waals surface area contributed by atoms with Crippen LogP contribution in [0.1, 0.15) is 47.2 Å². The molecule has 0 radical (unpaired) electrons. The molecule has 0 spiro atoms. The SMILES string of the molecule is COc1ccc2cc(CCN3CCCCC3CCN3CCc4cc5c(cc4C3=O)OCO5)ccc2c1.Cl. The van der Waals surface area contributed by atoms with Crippen molar-refractivity contribution in [3.05, 3.63) is 65.2 Å². The molecule has 6 rings (SSSR count). The van der Waals surface area contributed by atoms with Gasteiger partial charge in [-0.05, 0) is 84.8 Å². The summed E-state index contributed by atoms with van der Waals surface area (Å²) < 4.78 is 16.4. The van der Waals surface area contributed by atoms with E-state index in [1.807, 2.05) is 23.1 Å². The predicted octanol–water partition coefficient (Wildman–Crippen LogP) is 5.48. The summed E-state index contributed by atoms with van der Waals surface area (Å²) in [6.07, 6.45) is 6.70. The van der Waals surface area contributed by atoms with Crippen LogP contribution in [0.4, 0.5) is 0 Å².